The van der Waals surface area contributed by atoms with E-state index < -0.39 is 15.4 Å². The van der Waals surface area contributed by atoms with Crippen molar-refractivity contribution in [2.24, 2.45) is 0 Å². The Balaban J connectivity index is 1.74. The average molecular weight is 515 g/mol. The zero-order chi connectivity index (χ0) is 24.7. The summed E-state index contributed by atoms with van der Waals surface area (Å²) in [6, 6.07) is 20.0. The van der Waals surface area contributed by atoms with Gasteiger partial charge in [-0.3, -0.25) is 0 Å². The molecule has 0 atom stereocenters. The number of rotatable bonds is 6. The van der Waals surface area contributed by atoms with E-state index in [4.69, 9.17) is 28.2 Å². The number of hydrogen-bond donors (Lipinski definition) is 1. The Morgan fingerprint density at radius 3 is 2.24 bits per heavy atom. The summed E-state index contributed by atoms with van der Waals surface area (Å²) in [5, 5.41) is 11.5. The van der Waals surface area contributed by atoms with Gasteiger partial charge in [-0.1, -0.05) is 71.7 Å². The van der Waals surface area contributed by atoms with Gasteiger partial charge in [0.05, 0.1) is 27.2 Å². The molecule has 0 saturated heterocycles. The average Bonchev–Trinajstić information content (AvgIpc) is 3.21. The first-order chi connectivity index (χ1) is 15.9. The second-order valence-electron chi connectivity index (χ2n) is 8.73. The van der Waals surface area contributed by atoms with Crippen LogP contribution in [0.25, 0.3) is 22.5 Å². The molecule has 8 heteroatoms. The Morgan fingerprint density at radius 1 is 0.941 bits per heavy atom. The highest BCUT2D eigenvalue weighted by atomic mass is 35.5. The summed E-state index contributed by atoms with van der Waals surface area (Å²) in [7, 11) is -3.29. The number of aliphatic hydroxyl groups is 1. The van der Waals surface area contributed by atoms with E-state index >= 15 is 0 Å². The summed E-state index contributed by atoms with van der Waals surface area (Å²) in [5.74, 6) is 0.671. The van der Waals surface area contributed by atoms with Gasteiger partial charge in [-0.05, 0) is 48.7 Å². The Kier molecular flexibility index (Phi) is 6.62. The summed E-state index contributed by atoms with van der Waals surface area (Å²) >= 11 is 12.6. The second-order valence-corrected chi connectivity index (χ2v) is 11.5. The minimum absolute atomic E-state index is 0.276. The quantitative estimate of drug-likeness (QED) is 0.332. The predicted octanol–water partition coefficient (Wildman–Crippen LogP) is 6.20. The molecule has 5 nitrogen and oxygen atoms in total. The van der Waals surface area contributed by atoms with Crippen LogP contribution in [0.15, 0.2) is 77.8 Å². The Morgan fingerprint density at radius 2 is 1.59 bits per heavy atom. The van der Waals surface area contributed by atoms with Crippen LogP contribution in [0.2, 0.25) is 10.0 Å². The molecule has 1 aromatic heterocycles. The van der Waals surface area contributed by atoms with Crippen LogP contribution < -0.4 is 0 Å². The van der Waals surface area contributed by atoms with Crippen LogP contribution in [0.4, 0.5) is 0 Å². The smallest absolute Gasteiger partial charge is 0.175 e. The lowest BCUT2D eigenvalue weighted by molar-refractivity contribution is 0.0742. The molecule has 0 aliphatic rings. The van der Waals surface area contributed by atoms with Gasteiger partial charge in [-0.2, -0.15) is 0 Å². The zero-order valence-electron chi connectivity index (χ0n) is 19.0. The zero-order valence-corrected chi connectivity index (χ0v) is 21.3. The Labute approximate surface area is 209 Å². The van der Waals surface area contributed by atoms with Crippen molar-refractivity contribution in [1.29, 1.82) is 0 Å². The lowest BCUT2D eigenvalue weighted by atomic mass is 10.0. The normalized spacial score (nSPS) is 12.2. The van der Waals surface area contributed by atoms with Gasteiger partial charge in [-0.15, -0.1) is 0 Å². The van der Waals surface area contributed by atoms with Crippen molar-refractivity contribution >= 4 is 33.0 Å². The minimum atomic E-state index is -3.29. The standard InChI is InChI=1S/C26H24Cl2N2O3S/c1-26(2,31)23-16-30(15-20-7-5-9-22(27)24(20)28)25(29-23)18-12-10-17(11-13-18)19-6-4-8-21(14-19)34(3,32)33/h4-14,16,31H,15H2,1-3H3. The SMILES string of the molecule is CC(C)(O)c1cn(Cc2cccc(Cl)c2Cl)c(-c2ccc(-c3cccc(S(C)(=O)=O)c3)cc2)n1. The monoisotopic (exact) mass is 514 g/mol. The second kappa shape index (κ2) is 9.19. The molecular weight excluding hydrogens is 491 g/mol. The minimum Gasteiger partial charge on any atom is -0.384 e. The van der Waals surface area contributed by atoms with Crippen LogP contribution >= 0.6 is 23.2 Å². The van der Waals surface area contributed by atoms with Crippen LogP contribution in [0.5, 0.6) is 0 Å². The van der Waals surface area contributed by atoms with Gasteiger partial charge < -0.3 is 9.67 Å². The molecule has 1 heterocycles. The maximum atomic E-state index is 11.9. The van der Waals surface area contributed by atoms with Gasteiger partial charge in [-0.25, -0.2) is 13.4 Å². The van der Waals surface area contributed by atoms with Gasteiger partial charge in [0.15, 0.2) is 9.84 Å². The van der Waals surface area contributed by atoms with Crippen molar-refractivity contribution < 1.29 is 13.5 Å². The third-order valence-corrected chi connectivity index (χ3v) is 7.48. The third kappa shape index (κ3) is 5.20. The lowest BCUT2D eigenvalue weighted by Gasteiger charge is -2.13. The van der Waals surface area contributed by atoms with Crippen molar-refractivity contribution in [1.82, 2.24) is 9.55 Å². The molecule has 0 aliphatic heterocycles. The summed E-state index contributed by atoms with van der Waals surface area (Å²) < 4.78 is 25.8. The van der Waals surface area contributed by atoms with E-state index in [2.05, 4.69) is 0 Å². The molecule has 0 radical (unpaired) electrons. The number of imidazole rings is 1. The molecule has 34 heavy (non-hydrogen) atoms. The number of nitrogens with zero attached hydrogens (tertiary/aromatic N) is 2. The molecule has 176 valence electrons. The van der Waals surface area contributed by atoms with Crippen molar-refractivity contribution in [3.05, 3.63) is 94.2 Å². The number of benzene rings is 3. The van der Waals surface area contributed by atoms with E-state index in [0.29, 0.717) is 28.1 Å². The maximum Gasteiger partial charge on any atom is 0.175 e. The summed E-state index contributed by atoms with van der Waals surface area (Å²) in [5.41, 5.74) is 2.78. The molecule has 0 unspecified atom stereocenters. The van der Waals surface area contributed by atoms with Crippen LogP contribution in [0.1, 0.15) is 25.1 Å². The van der Waals surface area contributed by atoms with Crippen LogP contribution in [-0.4, -0.2) is 29.3 Å². The fraction of sp³-hybridized carbons (Fsp3) is 0.192. The molecule has 4 rings (SSSR count). The van der Waals surface area contributed by atoms with Crippen molar-refractivity contribution in [2.75, 3.05) is 6.26 Å². The summed E-state index contributed by atoms with van der Waals surface area (Å²) in [4.78, 5) is 4.98. The van der Waals surface area contributed by atoms with E-state index in [1.54, 1.807) is 38.1 Å². The number of hydrogen-bond acceptors (Lipinski definition) is 4. The highest BCUT2D eigenvalue weighted by Gasteiger charge is 2.23. The molecule has 0 saturated carbocycles. The molecule has 0 bridgehead atoms. The first-order valence-corrected chi connectivity index (χ1v) is 13.2. The first-order valence-electron chi connectivity index (χ1n) is 10.6. The molecule has 0 amide bonds. The highest BCUT2D eigenvalue weighted by Crippen LogP contribution is 2.31. The van der Waals surface area contributed by atoms with Crippen molar-refractivity contribution in [2.45, 2.75) is 30.9 Å². The molecule has 0 aliphatic carbocycles. The van der Waals surface area contributed by atoms with Gasteiger partial charge in [0.2, 0.25) is 0 Å². The number of sulfone groups is 1. The van der Waals surface area contributed by atoms with Gasteiger partial charge in [0.25, 0.3) is 0 Å². The predicted molar refractivity (Wildman–Crippen MR) is 137 cm³/mol. The van der Waals surface area contributed by atoms with E-state index in [0.717, 1.165) is 22.3 Å². The lowest BCUT2D eigenvalue weighted by Crippen LogP contribution is -2.15. The summed E-state index contributed by atoms with van der Waals surface area (Å²) in [6.07, 6.45) is 3.01. The molecule has 4 aromatic rings. The summed E-state index contributed by atoms with van der Waals surface area (Å²) in [6.45, 7) is 3.80. The van der Waals surface area contributed by atoms with Crippen LogP contribution in [0, 0.1) is 0 Å². The molecule has 3 aromatic carbocycles. The molecule has 0 spiro atoms. The molecule has 0 fully saturated rings. The third-order valence-electron chi connectivity index (χ3n) is 5.51. The largest absolute Gasteiger partial charge is 0.384 e. The van der Waals surface area contributed by atoms with Gasteiger partial charge in [0, 0.05) is 18.0 Å². The highest BCUT2D eigenvalue weighted by molar-refractivity contribution is 7.90. The number of aromatic nitrogens is 2. The topological polar surface area (TPSA) is 72.2 Å². The van der Waals surface area contributed by atoms with E-state index in [9.17, 15) is 13.5 Å². The maximum absolute atomic E-state index is 11.9. The van der Waals surface area contributed by atoms with E-state index in [1.807, 2.05) is 53.2 Å². The fourth-order valence-corrected chi connectivity index (χ4v) is 4.68. The van der Waals surface area contributed by atoms with Gasteiger partial charge in [0.1, 0.15) is 11.4 Å². The fourth-order valence-electron chi connectivity index (χ4n) is 3.63. The van der Waals surface area contributed by atoms with Crippen LogP contribution in [0.3, 0.4) is 0 Å². The Hall–Kier alpha value is -2.64. The number of halogens is 2. The van der Waals surface area contributed by atoms with E-state index in [1.165, 1.54) is 6.26 Å². The van der Waals surface area contributed by atoms with Crippen LogP contribution in [-0.2, 0) is 22.0 Å². The van der Waals surface area contributed by atoms with Crippen molar-refractivity contribution in [3.63, 3.8) is 0 Å². The molecular formula is C26H24Cl2N2O3S. The molecule has 1 N–H and O–H groups in total. The van der Waals surface area contributed by atoms with Crippen molar-refractivity contribution in [3.8, 4) is 22.5 Å². The van der Waals surface area contributed by atoms with Gasteiger partial charge >= 0.3 is 0 Å². The first kappa shape index (κ1) is 24.5. The van der Waals surface area contributed by atoms with E-state index in [-0.39, 0.29) is 4.90 Å². The Bertz CT molecular complexity index is 1450.